The normalized spacial score (nSPS) is 11.3. The highest BCUT2D eigenvalue weighted by Gasteiger charge is 2.21. The van der Waals surface area contributed by atoms with Gasteiger partial charge in [0.25, 0.3) is 0 Å². The Bertz CT molecular complexity index is 2300. The van der Waals surface area contributed by atoms with Crippen LogP contribution >= 0.6 is 0 Å². The molecule has 4 heteroatoms. The van der Waals surface area contributed by atoms with E-state index in [-0.39, 0.29) is 0 Å². The molecular weight excluding hydrogens is 512 g/mol. The molecule has 0 bridgehead atoms. The van der Waals surface area contributed by atoms with E-state index in [1.54, 1.807) is 0 Å². The van der Waals surface area contributed by atoms with Crippen molar-refractivity contribution in [3.05, 3.63) is 145 Å². The van der Waals surface area contributed by atoms with E-state index >= 15 is 0 Å². The minimum Gasteiger partial charge on any atom is -0.309 e. The molecule has 0 aliphatic heterocycles. The highest BCUT2D eigenvalue weighted by atomic mass is 15.0. The van der Waals surface area contributed by atoms with Crippen molar-refractivity contribution in [1.29, 1.82) is 10.5 Å². The van der Waals surface area contributed by atoms with Crippen LogP contribution in [0.25, 0.3) is 66.1 Å². The minimum atomic E-state index is 0.458. The van der Waals surface area contributed by atoms with E-state index in [1.165, 1.54) is 0 Å². The molecule has 8 rings (SSSR count). The third-order valence-corrected chi connectivity index (χ3v) is 8.20. The number of rotatable bonds is 3. The molecule has 0 amide bonds. The molecule has 0 unspecified atom stereocenters. The summed E-state index contributed by atoms with van der Waals surface area (Å²) in [4.78, 5) is 0. The first-order valence-corrected chi connectivity index (χ1v) is 13.8. The summed E-state index contributed by atoms with van der Waals surface area (Å²) in [6.45, 7) is 0. The van der Waals surface area contributed by atoms with E-state index in [0.29, 0.717) is 16.7 Å². The van der Waals surface area contributed by atoms with E-state index < -0.39 is 0 Å². The maximum Gasteiger partial charge on any atom is 0.0999 e. The Morgan fingerprint density at radius 1 is 0.429 bits per heavy atom. The number of fused-ring (bicyclic) bond motifs is 6. The van der Waals surface area contributed by atoms with Crippen LogP contribution in [0.5, 0.6) is 0 Å². The summed E-state index contributed by atoms with van der Waals surface area (Å²) in [6, 6.07) is 50.0. The Kier molecular flexibility index (Phi) is 5.22. The third-order valence-electron chi connectivity index (χ3n) is 8.20. The largest absolute Gasteiger partial charge is 0.309 e. The van der Waals surface area contributed by atoms with E-state index in [1.807, 2.05) is 66.7 Å². The fourth-order valence-electron chi connectivity index (χ4n) is 6.49. The van der Waals surface area contributed by atoms with Gasteiger partial charge in [-0.1, -0.05) is 91.0 Å². The Balaban J connectivity index is 1.43. The van der Waals surface area contributed by atoms with Gasteiger partial charge < -0.3 is 9.13 Å². The summed E-state index contributed by atoms with van der Waals surface area (Å²) < 4.78 is 4.39. The fourth-order valence-corrected chi connectivity index (χ4v) is 6.49. The Morgan fingerprint density at radius 2 is 0.810 bits per heavy atom. The lowest BCUT2D eigenvalue weighted by atomic mass is 9.93. The number of nitriles is 2. The van der Waals surface area contributed by atoms with Crippen LogP contribution in [0.2, 0.25) is 0 Å². The minimum absolute atomic E-state index is 0.458. The monoisotopic (exact) mass is 534 g/mol. The molecule has 2 heterocycles. The van der Waals surface area contributed by atoms with Gasteiger partial charge >= 0.3 is 0 Å². The molecule has 0 N–H and O–H groups in total. The number of benzene rings is 6. The quantitative estimate of drug-likeness (QED) is 0.227. The average molecular weight is 535 g/mol. The van der Waals surface area contributed by atoms with Crippen LogP contribution in [-0.2, 0) is 0 Å². The smallest absolute Gasteiger partial charge is 0.0999 e. The molecule has 0 fully saturated rings. The summed E-state index contributed by atoms with van der Waals surface area (Å²) in [5.41, 5.74) is 8.32. The van der Waals surface area contributed by atoms with Crippen LogP contribution in [-0.4, -0.2) is 9.13 Å². The average Bonchev–Trinajstić information content (AvgIpc) is 3.57. The molecule has 4 nitrogen and oxygen atoms in total. The van der Waals surface area contributed by atoms with Crippen molar-refractivity contribution < 1.29 is 0 Å². The second-order valence-corrected chi connectivity index (χ2v) is 10.4. The van der Waals surface area contributed by atoms with Crippen molar-refractivity contribution in [2.24, 2.45) is 0 Å². The maximum absolute atomic E-state index is 10.5. The Hall–Kier alpha value is -6.10. The molecule has 0 aliphatic carbocycles. The number of para-hydroxylation sites is 5. The van der Waals surface area contributed by atoms with Crippen LogP contribution in [0.3, 0.4) is 0 Å². The Morgan fingerprint density at radius 3 is 1.26 bits per heavy atom. The number of hydrogen-bond acceptors (Lipinski definition) is 2. The second-order valence-electron chi connectivity index (χ2n) is 10.4. The topological polar surface area (TPSA) is 57.4 Å². The van der Waals surface area contributed by atoms with Gasteiger partial charge in [0.05, 0.1) is 51.0 Å². The lowest BCUT2D eigenvalue weighted by Crippen LogP contribution is -2.02. The fraction of sp³-hybridized carbons (Fsp3) is 0. The van der Waals surface area contributed by atoms with Crippen LogP contribution in [0.4, 0.5) is 0 Å². The van der Waals surface area contributed by atoms with Crippen LogP contribution in [0.1, 0.15) is 11.1 Å². The third kappa shape index (κ3) is 3.33. The maximum atomic E-state index is 10.5. The van der Waals surface area contributed by atoms with Crippen molar-refractivity contribution in [1.82, 2.24) is 9.13 Å². The van der Waals surface area contributed by atoms with Gasteiger partial charge in [-0.15, -0.1) is 0 Å². The van der Waals surface area contributed by atoms with E-state index in [4.69, 9.17) is 0 Å². The number of nitrogens with zero attached hydrogens (tertiary/aromatic N) is 4. The lowest BCUT2D eigenvalue weighted by molar-refractivity contribution is 1.16. The highest BCUT2D eigenvalue weighted by molar-refractivity contribution is 6.10. The van der Waals surface area contributed by atoms with Gasteiger partial charge in [-0.3, -0.25) is 0 Å². The summed E-state index contributed by atoms with van der Waals surface area (Å²) in [7, 11) is 0. The summed E-state index contributed by atoms with van der Waals surface area (Å²) >= 11 is 0. The summed E-state index contributed by atoms with van der Waals surface area (Å²) in [6.07, 6.45) is 0. The molecule has 194 valence electrons. The van der Waals surface area contributed by atoms with Crippen molar-refractivity contribution in [3.63, 3.8) is 0 Å². The molecule has 0 atom stereocenters. The first-order valence-electron chi connectivity index (χ1n) is 13.8. The Labute approximate surface area is 242 Å². The van der Waals surface area contributed by atoms with Crippen molar-refractivity contribution in [2.45, 2.75) is 0 Å². The van der Waals surface area contributed by atoms with Crippen LogP contribution < -0.4 is 0 Å². The lowest BCUT2D eigenvalue weighted by Gasteiger charge is -2.17. The molecule has 42 heavy (non-hydrogen) atoms. The second kappa shape index (κ2) is 9.24. The predicted molar refractivity (Wildman–Crippen MR) is 170 cm³/mol. The van der Waals surface area contributed by atoms with Gasteiger partial charge in [-0.25, -0.2) is 0 Å². The molecule has 6 aromatic carbocycles. The molecule has 0 aliphatic rings. The van der Waals surface area contributed by atoms with Gasteiger partial charge in [-0.05, 0) is 42.5 Å². The summed E-state index contributed by atoms with van der Waals surface area (Å²) in [5.74, 6) is 0. The highest BCUT2D eigenvalue weighted by Crippen LogP contribution is 2.40. The zero-order valence-electron chi connectivity index (χ0n) is 22.5. The molecule has 0 saturated carbocycles. The number of hydrogen-bond donors (Lipinski definition) is 0. The molecule has 2 aromatic heterocycles. The van der Waals surface area contributed by atoms with Gasteiger partial charge in [0.1, 0.15) is 0 Å². The van der Waals surface area contributed by atoms with Crippen molar-refractivity contribution >= 4 is 43.6 Å². The van der Waals surface area contributed by atoms with Crippen molar-refractivity contribution in [2.75, 3.05) is 0 Å². The standard InChI is InChI=1S/C38H22N4/c39-23-25-21-27(41-33-16-6-1-11-28(33)29-12-2-7-17-34(29)41)22-26(24-40)38(25)32-15-5-10-20-37(32)42-35-18-8-3-13-30(35)31-14-4-9-19-36(31)42/h1-22H. The zero-order chi connectivity index (χ0) is 28.2. The molecule has 0 radical (unpaired) electrons. The predicted octanol–water partition coefficient (Wildman–Crippen LogP) is 9.29. The van der Waals surface area contributed by atoms with E-state index in [9.17, 15) is 10.5 Å². The number of aromatic nitrogens is 2. The van der Waals surface area contributed by atoms with Gasteiger partial charge in [-0.2, -0.15) is 10.5 Å². The van der Waals surface area contributed by atoms with Crippen LogP contribution in [0.15, 0.2) is 133 Å². The molecular formula is C38H22N4. The first kappa shape index (κ1) is 23.8. The SMILES string of the molecule is N#Cc1cc(-n2c3ccccc3c3ccccc32)cc(C#N)c1-c1ccccc1-n1c2ccccc2c2ccccc21. The van der Waals surface area contributed by atoms with Gasteiger partial charge in [0.15, 0.2) is 0 Å². The van der Waals surface area contributed by atoms with E-state index in [0.717, 1.165) is 60.5 Å². The molecule has 0 spiro atoms. The zero-order valence-corrected chi connectivity index (χ0v) is 22.5. The summed E-state index contributed by atoms with van der Waals surface area (Å²) in [5, 5.41) is 25.7. The molecule has 8 aromatic rings. The van der Waals surface area contributed by atoms with Gasteiger partial charge in [0, 0.05) is 38.4 Å². The first-order chi connectivity index (χ1) is 20.8. The molecule has 0 saturated heterocycles. The van der Waals surface area contributed by atoms with Crippen LogP contribution in [0, 0.1) is 22.7 Å². The van der Waals surface area contributed by atoms with Crippen molar-refractivity contribution in [3.8, 4) is 34.6 Å². The van der Waals surface area contributed by atoms with E-state index in [2.05, 4.69) is 88.0 Å². The van der Waals surface area contributed by atoms with Gasteiger partial charge in [0.2, 0.25) is 0 Å².